The van der Waals surface area contributed by atoms with Gasteiger partial charge in [0.05, 0.1) is 0 Å². The zero-order valence-corrected chi connectivity index (χ0v) is 16.3. The molecule has 4 aliphatic rings. The van der Waals surface area contributed by atoms with Crippen molar-refractivity contribution in [1.29, 1.82) is 0 Å². The molecule has 2 heteroatoms. The third kappa shape index (κ3) is 1.95. The van der Waals surface area contributed by atoms with Crippen molar-refractivity contribution in [2.45, 2.75) is 77.7 Å². The van der Waals surface area contributed by atoms with E-state index in [-0.39, 0.29) is 0 Å². The molecule has 24 heavy (non-hydrogen) atoms. The summed E-state index contributed by atoms with van der Waals surface area (Å²) in [7, 11) is 4.57. The second-order valence-corrected chi connectivity index (χ2v) is 10.1. The SMILES string of the molecule is CN(C)[C@]1(C)CC[C@H]2[C@@H]3CCC4=CC(=O)CC[C@]4(C)[C@H]3CC[C@@]21C. The smallest absolute Gasteiger partial charge is 0.155 e. The highest BCUT2D eigenvalue weighted by molar-refractivity contribution is 5.91. The summed E-state index contributed by atoms with van der Waals surface area (Å²) in [6.07, 6.45) is 11.9. The molecule has 0 N–H and O–H groups in total. The molecule has 2 nitrogen and oxygen atoms in total. The van der Waals surface area contributed by atoms with E-state index in [4.69, 9.17) is 0 Å². The van der Waals surface area contributed by atoms with Gasteiger partial charge >= 0.3 is 0 Å². The van der Waals surface area contributed by atoms with Crippen molar-refractivity contribution < 1.29 is 4.79 Å². The molecule has 134 valence electrons. The second kappa shape index (κ2) is 5.19. The van der Waals surface area contributed by atoms with Crippen molar-refractivity contribution in [2.24, 2.45) is 28.6 Å². The second-order valence-electron chi connectivity index (χ2n) is 10.1. The summed E-state index contributed by atoms with van der Waals surface area (Å²) in [5.74, 6) is 2.94. The molecule has 0 spiro atoms. The zero-order valence-electron chi connectivity index (χ0n) is 16.3. The number of carbonyl (C=O) groups is 1. The molecule has 0 aromatic heterocycles. The van der Waals surface area contributed by atoms with E-state index in [2.05, 4.69) is 39.8 Å². The fourth-order valence-electron chi connectivity index (χ4n) is 7.54. The van der Waals surface area contributed by atoms with Crippen LogP contribution in [0.3, 0.4) is 0 Å². The molecule has 0 unspecified atom stereocenters. The van der Waals surface area contributed by atoms with Gasteiger partial charge in [0.2, 0.25) is 0 Å². The van der Waals surface area contributed by atoms with Crippen LogP contribution in [0.5, 0.6) is 0 Å². The van der Waals surface area contributed by atoms with Gasteiger partial charge in [-0.25, -0.2) is 0 Å². The molecule has 0 radical (unpaired) electrons. The van der Waals surface area contributed by atoms with Crippen LogP contribution in [0.15, 0.2) is 11.6 Å². The number of fused-ring (bicyclic) bond motifs is 5. The molecule has 4 rings (SSSR count). The largest absolute Gasteiger partial charge is 0.303 e. The maximum Gasteiger partial charge on any atom is 0.155 e. The average molecular weight is 330 g/mol. The van der Waals surface area contributed by atoms with E-state index >= 15 is 0 Å². The summed E-state index contributed by atoms with van der Waals surface area (Å²) in [5.41, 5.74) is 2.62. The minimum absolute atomic E-state index is 0.315. The Balaban J connectivity index is 1.69. The van der Waals surface area contributed by atoms with Crippen LogP contribution < -0.4 is 0 Å². The number of carbonyl (C=O) groups excluding carboxylic acids is 1. The Hall–Kier alpha value is -0.630. The lowest BCUT2D eigenvalue weighted by Gasteiger charge is -2.60. The molecule has 0 aromatic carbocycles. The molecule has 6 atom stereocenters. The molecular weight excluding hydrogens is 294 g/mol. The summed E-state index contributed by atoms with van der Waals surface area (Å²) < 4.78 is 0. The van der Waals surface area contributed by atoms with E-state index in [1.807, 2.05) is 6.08 Å². The van der Waals surface area contributed by atoms with Gasteiger partial charge in [-0.05, 0) is 101 Å². The number of hydrogen-bond acceptors (Lipinski definition) is 2. The van der Waals surface area contributed by atoms with Crippen LogP contribution in [0, 0.1) is 28.6 Å². The first kappa shape index (κ1) is 16.8. The Kier molecular flexibility index (Phi) is 3.64. The Labute approximate surface area is 148 Å². The van der Waals surface area contributed by atoms with Crippen LogP contribution in [0.2, 0.25) is 0 Å². The molecule has 0 amide bonds. The monoisotopic (exact) mass is 329 g/mol. The third-order valence-electron chi connectivity index (χ3n) is 9.51. The third-order valence-corrected chi connectivity index (χ3v) is 9.51. The average Bonchev–Trinajstić information content (AvgIpc) is 2.81. The minimum atomic E-state index is 0.315. The molecule has 0 bridgehead atoms. The summed E-state index contributed by atoms with van der Waals surface area (Å²) in [4.78, 5) is 14.4. The molecular formula is C22H35NO. The first-order valence-electron chi connectivity index (χ1n) is 10.1. The van der Waals surface area contributed by atoms with E-state index in [1.54, 1.807) is 0 Å². The van der Waals surface area contributed by atoms with Gasteiger partial charge in [0.15, 0.2) is 5.78 Å². The molecule has 3 saturated carbocycles. The molecule has 0 aliphatic heterocycles. The summed E-state index contributed by atoms with van der Waals surface area (Å²) in [5, 5.41) is 0. The first-order chi connectivity index (χ1) is 11.2. The van der Waals surface area contributed by atoms with Crippen molar-refractivity contribution in [1.82, 2.24) is 4.90 Å². The number of hydrogen-bond donors (Lipinski definition) is 0. The Morgan fingerprint density at radius 2 is 1.67 bits per heavy atom. The highest BCUT2D eigenvalue weighted by Gasteiger charge is 2.63. The van der Waals surface area contributed by atoms with Crippen molar-refractivity contribution >= 4 is 5.78 Å². The fraction of sp³-hybridized carbons (Fsp3) is 0.864. The van der Waals surface area contributed by atoms with Gasteiger partial charge in [-0.1, -0.05) is 19.4 Å². The van der Waals surface area contributed by atoms with Gasteiger partial charge in [-0.3, -0.25) is 4.79 Å². The van der Waals surface area contributed by atoms with Crippen molar-refractivity contribution in [3.05, 3.63) is 11.6 Å². The standard InChI is InChI=1S/C22H35NO/c1-20-11-8-16(24)14-15(20)6-7-17-18(20)9-12-21(2)19(17)10-13-22(21,3)23(4)5/h14,17-19H,6-13H2,1-5H3/t17-,18+,19+,20+,21+,22-/m1/s1. The molecule has 0 heterocycles. The molecule has 0 saturated heterocycles. The van der Waals surface area contributed by atoms with Crippen molar-refractivity contribution in [2.75, 3.05) is 14.1 Å². The maximum atomic E-state index is 11.9. The Bertz CT molecular complexity index is 593. The first-order valence-corrected chi connectivity index (χ1v) is 10.1. The zero-order chi connectivity index (χ0) is 17.3. The van der Waals surface area contributed by atoms with Crippen LogP contribution in [-0.4, -0.2) is 30.3 Å². The van der Waals surface area contributed by atoms with E-state index in [0.717, 1.165) is 30.6 Å². The van der Waals surface area contributed by atoms with Crippen molar-refractivity contribution in [3.63, 3.8) is 0 Å². The van der Waals surface area contributed by atoms with Crippen LogP contribution in [0.25, 0.3) is 0 Å². The van der Waals surface area contributed by atoms with E-state index < -0.39 is 0 Å². The molecule has 0 aromatic rings. The lowest BCUT2D eigenvalue weighted by molar-refractivity contribution is -0.118. The lowest BCUT2D eigenvalue weighted by atomic mass is 9.46. The van der Waals surface area contributed by atoms with E-state index in [0.29, 0.717) is 22.2 Å². The number of allylic oxidation sites excluding steroid dienone is 1. The number of rotatable bonds is 1. The maximum absolute atomic E-state index is 11.9. The molecule has 3 fully saturated rings. The highest BCUT2D eigenvalue weighted by atomic mass is 16.1. The lowest BCUT2D eigenvalue weighted by Crippen LogP contribution is -2.58. The van der Waals surface area contributed by atoms with Crippen LogP contribution in [0.4, 0.5) is 0 Å². The molecule has 4 aliphatic carbocycles. The van der Waals surface area contributed by atoms with E-state index in [1.165, 1.54) is 44.1 Å². The van der Waals surface area contributed by atoms with Gasteiger partial charge in [0, 0.05) is 12.0 Å². The predicted molar refractivity (Wildman–Crippen MR) is 98.8 cm³/mol. The van der Waals surface area contributed by atoms with Gasteiger partial charge in [-0.15, -0.1) is 0 Å². The van der Waals surface area contributed by atoms with Crippen LogP contribution >= 0.6 is 0 Å². The quantitative estimate of drug-likeness (QED) is 0.686. The predicted octanol–water partition coefficient (Wildman–Crippen LogP) is 4.84. The fourth-order valence-corrected chi connectivity index (χ4v) is 7.54. The number of nitrogens with zero attached hydrogens (tertiary/aromatic N) is 1. The summed E-state index contributed by atoms with van der Waals surface area (Å²) in [6.45, 7) is 7.60. The van der Waals surface area contributed by atoms with Gasteiger partial charge in [0.1, 0.15) is 0 Å². The van der Waals surface area contributed by atoms with Crippen LogP contribution in [-0.2, 0) is 4.79 Å². The normalized spacial score (nSPS) is 51.0. The topological polar surface area (TPSA) is 20.3 Å². The van der Waals surface area contributed by atoms with Crippen LogP contribution in [0.1, 0.15) is 72.1 Å². The van der Waals surface area contributed by atoms with Gasteiger partial charge < -0.3 is 4.90 Å². The number of ketones is 1. The summed E-state index contributed by atoms with van der Waals surface area (Å²) >= 11 is 0. The Morgan fingerprint density at radius 3 is 2.38 bits per heavy atom. The summed E-state index contributed by atoms with van der Waals surface area (Å²) in [6, 6.07) is 0. The minimum Gasteiger partial charge on any atom is -0.303 e. The van der Waals surface area contributed by atoms with Gasteiger partial charge in [0.25, 0.3) is 0 Å². The van der Waals surface area contributed by atoms with Crippen molar-refractivity contribution in [3.8, 4) is 0 Å². The van der Waals surface area contributed by atoms with E-state index in [9.17, 15) is 4.79 Å². The Morgan fingerprint density at radius 1 is 0.958 bits per heavy atom. The van der Waals surface area contributed by atoms with Gasteiger partial charge in [-0.2, -0.15) is 0 Å². The highest BCUT2D eigenvalue weighted by Crippen LogP contribution is 2.68.